The molecule has 0 fully saturated rings. The van der Waals surface area contributed by atoms with Gasteiger partial charge >= 0.3 is 0 Å². The van der Waals surface area contributed by atoms with Crippen molar-refractivity contribution in [1.82, 2.24) is 4.90 Å². The minimum absolute atomic E-state index is 0.0164. The number of aryl methyl sites for hydroxylation is 1. The Bertz CT molecular complexity index is 433. The van der Waals surface area contributed by atoms with Gasteiger partial charge in [-0.2, -0.15) is 0 Å². The molecule has 18 heavy (non-hydrogen) atoms. The molecule has 1 aromatic carbocycles. The first-order chi connectivity index (χ1) is 8.49. The molecule has 1 rings (SSSR count). The van der Waals surface area contributed by atoms with E-state index in [1.807, 2.05) is 20.8 Å². The smallest absolute Gasteiger partial charge is 0.241 e. The Balaban J connectivity index is 2.69. The molecule has 0 heterocycles. The second-order valence-corrected chi connectivity index (χ2v) is 4.86. The van der Waals surface area contributed by atoms with Crippen LogP contribution in [-0.2, 0) is 4.79 Å². The summed E-state index contributed by atoms with van der Waals surface area (Å²) in [6.07, 6.45) is 0. The first-order valence-electron chi connectivity index (χ1n) is 5.96. The number of rotatable bonds is 5. The number of nitrogens with zero attached hydrogens (tertiary/aromatic N) is 1. The Morgan fingerprint density at radius 3 is 2.56 bits per heavy atom. The maximum Gasteiger partial charge on any atom is 0.241 e. The minimum atomic E-state index is -0.335. The average molecular weight is 317 g/mol. The number of carbonyl (C=O) groups is 1. The van der Waals surface area contributed by atoms with Crippen molar-refractivity contribution in [2.75, 3.05) is 25.0 Å². The highest BCUT2D eigenvalue weighted by Crippen LogP contribution is 2.23. The molecule has 0 aliphatic rings. The van der Waals surface area contributed by atoms with E-state index in [0.717, 1.165) is 5.56 Å². The van der Waals surface area contributed by atoms with E-state index in [9.17, 15) is 9.18 Å². The van der Waals surface area contributed by atoms with Crippen LogP contribution in [0.4, 0.5) is 10.1 Å². The number of benzene rings is 1. The number of hydrogen-bond acceptors (Lipinski definition) is 2. The fourth-order valence-electron chi connectivity index (χ4n) is 1.70. The van der Waals surface area contributed by atoms with Crippen LogP contribution in [0.1, 0.15) is 19.4 Å². The van der Waals surface area contributed by atoms with Crippen LogP contribution in [0.25, 0.3) is 0 Å². The van der Waals surface area contributed by atoms with E-state index in [-0.39, 0.29) is 18.3 Å². The van der Waals surface area contributed by atoms with E-state index in [1.54, 1.807) is 11.0 Å². The van der Waals surface area contributed by atoms with Crippen molar-refractivity contribution in [3.8, 4) is 0 Å². The minimum Gasteiger partial charge on any atom is -0.376 e. The van der Waals surface area contributed by atoms with Crippen LogP contribution in [0.2, 0.25) is 0 Å². The third-order valence-corrected chi connectivity index (χ3v) is 3.42. The fraction of sp³-hybridized carbons (Fsp3) is 0.462. The zero-order valence-corrected chi connectivity index (χ0v) is 12.5. The number of halogens is 2. The summed E-state index contributed by atoms with van der Waals surface area (Å²) in [4.78, 5) is 13.5. The van der Waals surface area contributed by atoms with Gasteiger partial charge < -0.3 is 10.2 Å². The molecule has 0 aliphatic carbocycles. The molecule has 0 aromatic heterocycles. The molecule has 0 saturated heterocycles. The summed E-state index contributed by atoms with van der Waals surface area (Å²) in [5, 5.41) is 2.98. The van der Waals surface area contributed by atoms with E-state index in [0.29, 0.717) is 23.2 Å². The van der Waals surface area contributed by atoms with E-state index in [1.165, 1.54) is 6.07 Å². The van der Waals surface area contributed by atoms with Gasteiger partial charge in [-0.1, -0.05) is 0 Å². The Hall–Kier alpha value is -1.10. The van der Waals surface area contributed by atoms with Crippen molar-refractivity contribution in [1.29, 1.82) is 0 Å². The van der Waals surface area contributed by atoms with Gasteiger partial charge in [0, 0.05) is 18.8 Å². The lowest BCUT2D eigenvalue weighted by Crippen LogP contribution is -2.35. The van der Waals surface area contributed by atoms with Crippen LogP contribution < -0.4 is 5.32 Å². The summed E-state index contributed by atoms with van der Waals surface area (Å²) in [6.45, 7) is 7.30. The second kappa shape index (κ2) is 6.73. The van der Waals surface area contributed by atoms with Gasteiger partial charge in [0.2, 0.25) is 5.91 Å². The zero-order chi connectivity index (χ0) is 13.7. The van der Waals surface area contributed by atoms with Gasteiger partial charge in [-0.3, -0.25) is 4.79 Å². The Morgan fingerprint density at radius 2 is 2.00 bits per heavy atom. The van der Waals surface area contributed by atoms with Crippen molar-refractivity contribution in [2.24, 2.45) is 0 Å². The highest BCUT2D eigenvalue weighted by molar-refractivity contribution is 9.10. The Morgan fingerprint density at radius 1 is 1.39 bits per heavy atom. The van der Waals surface area contributed by atoms with Gasteiger partial charge in [-0.25, -0.2) is 4.39 Å². The number of amides is 1. The molecular weight excluding hydrogens is 299 g/mol. The maximum absolute atomic E-state index is 13.4. The molecule has 5 heteroatoms. The lowest BCUT2D eigenvalue weighted by molar-refractivity contribution is -0.128. The lowest BCUT2D eigenvalue weighted by Gasteiger charge is -2.19. The van der Waals surface area contributed by atoms with E-state index >= 15 is 0 Å². The SMILES string of the molecule is CCN(CC)C(=O)CNc1cc(F)c(Br)cc1C. The number of likely N-dealkylation sites (N-methyl/N-ethyl adjacent to an activating group) is 1. The molecule has 0 atom stereocenters. The topological polar surface area (TPSA) is 32.3 Å². The van der Waals surface area contributed by atoms with Crippen molar-refractivity contribution in [3.05, 3.63) is 28.0 Å². The summed E-state index contributed by atoms with van der Waals surface area (Å²) in [7, 11) is 0. The third-order valence-electron chi connectivity index (χ3n) is 2.81. The lowest BCUT2D eigenvalue weighted by atomic mass is 10.2. The van der Waals surface area contributed by atoms with Crippen LogP contribution in [-0.4, -0.2) is 30.4 Å². The predicted molar refractivity (Wildman–Crippen MR) is 75.3 cm³/mol. The third kappa shape index (κ3) is 3.70. The molecular formula is C13H18BrFN2O. The van der Waals surface area contributed by atoms with Crippen LogP contribution in [0.15, 0.2) is 16.6 Å². The molecule has 0 aliphatic heterocycles. The summed E-state index contributed by atoms with van der Waals surface area (Å²) >= 11 is 3.13. The van der Waals surface area contributed by atoms with Gasteiger partial charge in [0.05, 0.1) is 11.0 Å². The summed E-state index contributed by atoms with van der Waals surface area (Å²) < 4.78 is 13.8. The molecule has 1 aromatic rings. The van der Waals surface area contributed by atoms with Crippen LogP contribution in [0.3, 0.4) is 0 Å². The average Bonchev–Trinajstić information content (AvgIpc) is 2.33. The van der Waals surface area contributed by atoms with Crippen LogP contribution in [0.5, 0.6) is 0 Å². The van der Waals surface area contributed by atoms with Gasteiger partial charge in [0.15, 0.2) is 0 Å². The number of hydrogen-bond donors (Lipinski definition) is 1. The highest BCUT2D eigenvalue weighted by atomic mass is 79.9. The van der Waals surface area contributed by atoms with Crippen molar-refractivity contribution in [3.63, 3.8) is 0 Å². The predicted octanol–water partition coefficient (Wildman–Crippen LogP) is 3.18. The molecule has 0 saturated carbocycles. The molecule has 1 amide bonds. The Kier molecular flexibility index (Phi) is 5.59. The molecule has 1 N–H and O–H groups in total. The van der Waals surface area contributed by atoms with Crippen molar-refractivity contribution in [2.45, 2.75) is 20.8 Å². The summed E-state index contributed by atoms with van der Waals surface area (Å²) in [5.41, 5.74) is 1.55. The summed E-state index contributed by atoms with van der Waals surface area (Å²) in [5.74, 6) is -0.318. The zero-order valence-electron chi connectivity index (χ0n) is 10.9. The standard InChI is InChI=1S/C13H18BrFN2O/c1-4-17(5-2)13(18)8-16-12-7-11(15)10(14)6-9(12)3/h6-7,16H,4-5,8H2,1-3H3. The normalized spacial score (nSPS) is 10.3. The molecule has 0 radical (unpaired) electrons. The number of anilines is 1. The monoisotopic (exact) mass is 316 g/mol. The van der Waals surface area contributed by atoms with E-state index < -0.39 is 0 Å². The van der Waals surface area contributed by atoms with Crippen LogP contribution in [0, 0.1) is 12.7 Å². The van der Waals surface area contributed by atoms with Gasteiger partial charge in [-0.15, -0.1) is 0 Å². The van der Waals surface area contributed by atoms with E-state index in [2.05, 4.69) is 21.2 Å². The van der Waals surface area contributed by atoms with Crippen LogP contribution >= 0.6 is 15.9 Å². The van der Waals surface area contributed by atoms with Gasteiger partial charge in [0.1, 0.15) is 5.82 Å². The Labute approximate surface area is 115 Å². The first-order valence-corrected chi connectivity index (χ1v) is 6.76. The van der Waals surface area contributed by atoms with Crippen molar-refractivity contribution >= 4 is 27.5 Å². The molecule has 100 valence electrons. The molecule has 0 spiro atoms. The fourth-order valence-corrected chi connectivity index (χ4v) is 2.15. The number of carbonyl (C=O) groups excluding carboxylic acids is 1. The highest BCUT2D eigenvalue weighted by Gasteiger charge is 2.10. The van der Waals surface area contributed by atoms with Crippen molar-refractivity contribution < 1.29 is 9.18 Å². The largest absolute Gasteiger partial charge is 0.376 e. The first kappa shape index (κ1) is 15.0. The molecule has 3 nitrogen and oxygen atoms in total. The van der Waals surface area contributed by atoms with Gasteiger partial charge in [0.25, 0.3) is 0 Å². The van der Waals surface area contributed by atoms with Gasteiger partial charge in [-0.05, 0) is 54.4 Å². The molecule has 0 bridgehead atoms. The quantitative estimate of drug-likeness (QED) is 0.905. The maximum atomic E-state index is 13.4. The summed E-state index contributed by atoms with van der Waals surface area (Å²) in [6, 6.07) is 3.09. The molecule has 0 unspecified atom stereocenters. The van der Waals surface area contributed by atoms with E-state index in [4.69, 9.17) is 0 Å². The second-order valence-electron chi connectivity index (χ2n) is 4.00. The number of nitrogens with one attached hydrogen (secondary N) is 1.